The first kappa shape index (κ1) is 53.3. The normalized spacial score (nSPS) is 25.2. The molecule has 0 aromatic heterocycles. The lowest BCUT2D eigenvalue weighted by Crippen LogP contribution is -2.51. The maximum absolute atomic E-state index is 15.8. The largest absolute Gasteiger partial charge is 0.418 e. The number of nitrogens with zero attached hydrogens (tertiary/aromatic N) is 6. The van der Waals surface area contributed by atoms with E-state index in [4.69, 9.17) is 43.4 Å². The molecule has 1 atom stereocenters. The standard InChI is InChI=1S/C49H58F6N6O7S2/c1-46(2)42(63)58(44(69)60(46)31-12-16-33(17-13-31)65-24-7-22-62)35-20-10-29(27-56)40(48(50,51)52)38(35)39-36(21-11-30(28-57)41(39)49(53,54)55)59-43(64)47(3,4)61(45(59)70)32-14-18-34(19-15-32)66-25-8-26-68-37-9-5-6-23-67-37/h10-11,20-21,31-34,37,62H,5-9,12-19,22-26H2,1-4H3. The molecule has 0 radical (unpaired) electrons. The lowest BCUT2D eigenvalue weighted by atomic mass is 9.86. The summed E-state index contributed by atoms with van der Waals surface area (Å²) in [6.07, 6.45) is -3.66. The Labute approximate surface area is 414 Å². The summed E-state index contributed by atoms with van der Waals surface area (Å²) >= 11 is 11.9. The molecule has 5 aliphatic rings. The van der Waals surface area contributed by atoms with Gasteiger partial charge in [0.1, 0.15) is 11.1 Å². The number of hydrogen-bond donors (Lipinski definition) is 1. The zero-order chi connectivity index (χ0) is 50.9. The number of halogens is 6. The van der Waals surface area contributed by atoms with Crippen molar-refractivity contribution in [3.63, 3.8) is 0 Å². The van der Waals surface area contributed by atoms with Gasteiger partial charge in [0.15, 0.2) is 16.5 Å². The SMILES string of the molecule is CC1(C)C(=O)N(c2ccc(C#N)c(C(F)(F)F)c2-c2c(N3C(=O)C(C)(C)N(C4CCC(OCCCOC5CCCCO5)CC4)C3=S)ccc(C#N)c2C(F)(F)F)C(=S)N1C1CCC(OCCCO)CC1. The van der Waals surface area contributed by atoms with Gasteiger partial charge in [0.2, 0.25) is 0 Å². The lowest BCUT2D eigenvalue weighted by molar-refractivity contribution is -0.164. The first-order valence-corrected chi connectivity index (χ1v) is 24.6. The Morgan fingerprint density at radius 1 is 0.657 bits per heavy atom. The van der Waals surface area contributed by atoms with E-state index in [0.717, 1.165) is 53.3 Å². The van der Waals surface area contributed by atoms with Crippen molar-refractivity contribution in [2.75, 3.05) is 42.8 Å². The van der Waals surface area contributed by atoms with Crippen LogP contribution in [0.1, 0.15) is 133 Å². The van der Waals surface area contributed by atoms with Gasteiger partial charge in [-0.15, -0.1) is 0 Å². The molecule has 1 N–H and O–H groups in total. The fourth-order valence-electron chi connectivity index (χ4n) is 10.7. The number of ether oxygens (including phenoxy) is 4. The molecule has 2 aliphatic carbocycles. The van der Waals surface area contributed by atoms with E-state index in [1.54, 1.807) is 9.80 Å². The van der Waals surface area contributed by atoms with Gasteiger partial charge < -0.3 is 33.9 Å². The smallest absolute Gasteiger partial charge is 0.396 e. The van der Waals surface area contributed by atoms with Crippen molar-refractivity contribution in [2.45, 2.75) is 165 Å². The van der Waals surface area contributed by atoms with Gasteiger partial charge in [-0.05, 0) is 160 Å². The summed E-state index contributed by atoms with van der Waals surface area (Å²) in [5.41, 5.74) is -12.9. The minimum absolute atomic E-state index is 0.0484. The summed E-state index contributed by atoms with van der Waals surface area (Å²) < 4.78 is 118. The summed E-state index contributed by atoms with van der Waals surface area (Å²) in [4.78, 5) is 34.4. The van der Waals surface area contributed by atoms with Crippen LogP contribution in [0.15, 0.2) is 24.3 Å². The Hall–Kier alpha value is -4.48. The number of amides is 2. The van der Waals surface area contributed by atoms with Crippen molar-refractivity contribution >= 4 is 57.8 Å². The van der Waals surface area contributed by atoms with E-state index >= 15 is 26.3 Å². The third-order valence-corrected chi connectivity index (χ3v) is 14.9. The highest BCUT2D eigenvalue weighted by molar-refractivity contribution is 7.80. The highest BCUT2D eigenvalue weighted by Gasteiger charge is 2.57. The van der Waals surface area contributed by atoms with Gasteiger partial charge in [-0.2, -0.15) is 36.9 Å². The van der Waals surface area contributed by atoms with Gasteiger partial charge in [-0.1, -0.05) is 0 Å². The first-order valence-electron chi connectivity index (χ1n) is 23.8. The lowest BCUT2D eigenvalue weighted by Gasteiger charge is -2.41. The number of thiocarbonyl (C=S) groups is 2. The van der Waals surface area contributed by atoms with E-state index in [1.807, 2.05) is 0 Å². The number of carbonyl (C=O) groups is 2. The van der Waals surface area contributed by atoms with E-state index in [2.05, 4.69) is 0 Å². The Morgan fingerprint density at radius 3 is 1.44 bits per heavy atom. The molecule has 1 unspecified atom stereocenters. The molecular formula is C49H58F6N6O7S2. The number of nitriles is 2. The van der Waals surface area contributed by atoms with Crippen molar-refractivity contribution in [1.29, 1.82) is 10.5 Å². The number of aliphatic hydroxyl groups excluding tert-OH is 1. The van der Waals surface area contributed by atoms with Crippen molar-refractivity contribution in [1.82, 2.24) is 9.80 Å². The molecule has 0 bridgehead atoms. The molecule has 2 aromatic rings. The zero-order valence-electron chi connectivity index (χ0n) is 39.6. The molecule has 3 saturated heterocycles. The van der Waals surface area contributed by atoms with Crippen LogP contribution in [0.2, 0.25) is 0 Å². The van der Waals surface area contributed by atoms with Gasteiger partial charge in [0.05, 0.1) is 64.6 Å². The van der Waals surface area contributed by atoms with E-state index in [9.17, 15) is 25.2 Å². The second-order valence-corrected chi connectivity index (χ2v) is 20.1. The predicted octanol–water partition coefficient (Wildman–Crippen LogP) is 9.53. The molecule has 70 heavy (non-hydrogen) atoms. The van der Waals surface area contributed by atoms with Crippen molar-refractivity contribution < 1.29 is 60.0 Å². The Balaban J connectivity index is 1.28. The molecule has 2 amide bonds. The van der Waals surface area contributed by atoms with Gasteiger partial charge >= 0.3 is 12.4 Å². The van der Waals surface area contributed by atoms with E-state index in [-0.39, 0.29) is 35.3 Å². The third kappa shape index (κ3) is 10.4. The Kier molecular flexibility index (Phi) is 16.2. The van der Waals surface area contributed by atoms with Crippen LogP contribution in [-0.2, 0) is 40.9 Å². The summed E-state index contributed by atoms with van der Waals surface area (Å²) in [5.74, 6) is -1.70. The van der Waals surface area contributed by atoms with Gasteiger partial charge in [-0.25, -0.2) is 0 Å². The summed E-state index contributed by atoms with van der Waals surface area (Å²) in [5, 5.41) is 29.1. The molecule has 21 heteroatoms. The molecule has 2 aromatic carbocycles. The van der Waals surface area contributed by atoms with Crippen LogP contribution >= 0.6 is 24.4 Å². The molecule has 7 rings (SSSR count). The predicted molar refractivity (Wildman–Crippen MR) is 253 cm³/mol. The molecule has 5 fully saturated rings. The first-order chi connectivity index (χ1) is 33.1. The van der Waals surface area contributed by atoms with Crippen LogP contribution in [0, 0.1) is 22.7 Å². The van der Waals surface area contributed by atoms with Gasteiger partial charge in [-0.3, -0.25) is 19.4 Å². The number of rotatable bonds is 15. The molecule has 13 nitrogen and oxygen atoms in total. The molecular weight excluding hydrogens is 963 g/mol. The maximum atomic E-state index is 15.8. The van der Waals surface area contributed by atoms with Crippen LogP contribution in [0.25, 0.3) is 11.1 Å². The molecule has 380 valence electrons. The Bertz CT molecular complexity index is 2400. The van der Waals surface area contributed by atoms with Crippen LogP contribution in [-0.4, -0.2) is 112 Å². The fourth-order valence-corrected chi connectivity index (χ4v) is 11.8. The number of anilines is 2. The average Bonchev–Trinajstić information content (AvgIpc) is 3.61. The molecule has 3 heterocycles. The topological polar surface area (TPSA) is 152 Å². The van der Waals surface area contributed by atoms with E-state index in [0.29, 0.717) is 90.6 Å². The van der Waals surface area contributed by atoms with Gasteiger partial charge in [0.25, 0.3) is 11.8 Å². The minimum Gasteiger partial charge on any atom is -0.396 e. The fraction of sp³-hybridized carbons (Fsp3) is 0.633. The van der Waals surface area contributed by atoms with E-state index in [1.165, 1.54) is 39.8 Å². The number of carbonyl (C=O) groups excluding carboxylic acids is 2. The molecule has 2 saturated carbocycles. The highest BCUT2D eigenvalue weighted by Crippen LogP contribution is 2.55. The number of aliphatic hydroxyl groups is 1. The highest BCUT2D eigenvalue weighted by atomic mass is 32.1. The second-order valence-electron chi connectivity index (χ2n) is 19.4. The molecule has 3 aliphatic heterocycles. The molecule has 0 spiro atoms. The summed E-state index contributed by atoms with van der Waals surface area (Å²) in [6.45, 7) is 7.96. The Morgan fingerprint density at radius 2 is 1.07 bits per heavy atom. The minimum atomic E-state index is -5.55. The van der Waals surface area contributed by atoms with Crippen LogP contribution < -0.4 is 9.80 Å². The third-order valence-electron chi connectivity index (χ3n) is 14.1. The van der Waals surface area contributed by atoms with Crippen LogP contribution in [0.4, 0.5) is 37.7 Å². The van der Waals surface area contributed by atoms with Crippen molar-refractivity contribution in [3.8, 4) is 23.3 Å². The zero-order valence-corrected chi connectivity index (χ0v) is 41.2. The van der Waals surface area contributed by atoms with Crippen LogP contribution in [0.3, 0.4) is 0 Å². The van der Waals surface area contributed by atoms with Crippen LogP contribution in [0.5, 0.6) is 0 Å². The number of hydrogen-bond acceptors (Lipinski definition) is 11. The summed E-state index contributed by atoms with van der Waals surface area (Å²) in [7, 11) is 0. The monoisotopic (exact) mass is 1020 g/mol. The van der Waals surface area contributed by atoms with Gasteiger partial charge in [0, 0.05) is 49.6 Å². The second kappa shape index (κ2) is 21.3. The maximum Gasteiger partial charge on any atom is 0.418 e. The van der Waals surface area contributed by atoms with Crippen molar-refractivity contribution in [3.05, 3.63) is 46.5 Å². The quantitative estimate of drug-likeness (QED) is 0.103. The van der Waals surface area contributed by atoms with Crippen molar-refractivity contribution in [2.24, 2.45) is 0 Å². The summed E-state index contributed by atoms with van der Waals surface area (Å²) in [6, 6.07) is 5.51. The average molecular weight is 1020 g/mol. The number of benzene rings is 2. The van der Waals surface area contributed by atoms with E-state index < -0.39 is 92.1 Å². The number of alkyl halides is 6.